The van der Waals surface area contributed by atoms with Gasteiger partial charge in [0, 0.05) is 31.4 Å². The molecule has 0 unspecified atom stereocenters. The maximum Gasteiger partial charge on any atom is 0.255 e. The fourth-order valence-corrected chi connectivity index (χ4v) is 5.42. The lowest BCUT2D eigenvalue weighted by molar-refractivity contribution is 0.0961. The molecule has 30 heavy (non-hydrogen) atoms. The molecule has 3 rings (SSSR count). The second-order valence-corrected chi connectivity index (χ2v) is 9.56. The van der Waals surface area contributed by atoms with Crippen molar-refractivity contribution in [2.45, 2.75) is 24.2 Å². The SMILES string of the molecule is CNC(=O)c1cc(NC(=O)c2ccc(Cl)c(S(=O)(=O)N3CCCCC3)c2)ccc1Cl. The third-order valence-electron chi connectivity index (χ3n) is 4.82. The van der Waals surface area contributed by atoms with Gasteiger partial charge in [0.1, 0.15) is 4.90 Å². The molecule has 1 saturated heterocycles. The van der Waals surface area contributed by atoms with Crippen LogP contribution in [0, 0.1) is 0 Å². The van der Waals surface area contributed by atoms with Crippen LogP contribution in [-0.4, -0.2) is 44.7 Å². The van der Waals surface area contributed by atoms with Crippen LogP contribution in [0.2, 0.25) is 10.0 Å². The smallest absolute Gasteiger partial charge is 0.255 e. The highest BCUT2D eigenvalue weighted by Crippen LogP contribution is 2.28. The zero-order valence-electron chi connectivity index (χ0n) is 16.2. The van der Waals surface area contributed by atoms with E-state index in [-0.39, 0.29) is 26.1 Å². The van der Waals surface area contributed by atoms with Gasteiger partial charge in [-0.15, -0.1) is 0 Å². The molecular formula is C20H21Cl2N3O4S. The summed E-state index contributed by atoms with van der Waals surface area (Å²) in [6.07, 6.45) is 2.57. The largest absolute Gasteiger partial charge is 0.355 e. The van der Waals surface area contributed by atoms with Crippen LogP contribution in [0.3, 0.4) is 0 Å². The van der Waals surface area contributed by atoms with E-state index in [1.54, 1.807) is 6.07 Å². The fraction of sp³-hybridized carbons (Fsp3) is 0.300. The van der Waals surface area contributed by atoms with Crippen molar-refractivity contribution in [2.24, 2.45) is 0 Å². The number of hydrogen-bond donors (Lipinski definition) is 2. The minimum Gasteiger partial charge on any atom is -0.355 e. The number of anilines is 1. The van der Waals surface area contributed by atoms with Crippen molar-refractivity contribution in [3.63, 3.8) is 0 Å². The van der Waals surface area contributed by atoms with E-state index in [9.17, 15) is 18.0 Å². The number of rotatable bonds is 5. The number of piperidine rings is 1. The lowest BCUT2D eigenvalue weighted by Gasteiger charge is -2.26. The summed E-state index contributed by atoms with van der Waals surface area (Å²) in [5.41, 5.74) is 0.686. The van der Waals surface area contributed by atoms with E-state index in [2.05, 4.69) is 10.6 Å². The van der Waals surface area contributed by atoms with Crippen LogP contribution in [0.15, 0.2) is 41.3 Å². The average Bonchev–Trinajstić information content (AvgIpc) is 2.75. The molecule has 0 bridgehead atoms. The standard InChI is InChI=1S/C20H21Cl2N3O4S/c1-23-20(27)15-12-14(6-8-16(15)21)24-19(26)13-5-7-17(22)18(11-13)30(28,29)25-9-3-2-4-10-25/h5-8,11-12H,2-4,9-10H2,1H3,(H,23,27)(H,24,26). The number of nitrogens with zero attached hydrogens (tertiary/aromatic N) is 1. The zero-order valence-corrected chi connectivity index (χ0v) is 18.6. The molecule has 1 aliphatic rings. The van der Waals surface area contributed by atoms with Gasteiger partial charge in [0.2, 0.25) is 10.0 Å². The van der Waals surface area contributed by atoms with Gasteiger partial charge >= 0.3 is 0 Å². The third kappa shape index (κ3) is 4.78. The Labute approximate surface area is 185 Å². The van der Waals surface area contributed by atoms with Crippen molar-refractivity contribution in [1.29, 1.82) is 0 Å². The molecule has 2 amide bonds. The number of hydrogen-bond acceptors (Lipinski definition) is 4. The molecule has 0 spiro atoms. The van der Waals surface area contributed by atoms with Crippen LogP contribution >= 0.6 is 23.2 Å². The van der Waals surface area contributed by atoms with Crippen LogP contribution < -0.4 is 10.6 Å². The van der Waals surface area contributed by atoms with Crippen molar-refractivity contribution in [1.82, 2.24) is 9.62 Å². The first-order chi connectivity index (χ1) is 14.2. The van der Waals surface area contributed by atoms with Gasteiger partial charge < -0.3 is 10.6 Å². The summed E-state index contributed by atoms with van der Waals surface area (Å²) < 4.78 is 27.4. The van der Waals surface area contributed by atoms with Crippen LogP contribution in [0.5, 0.6) is 0 Å². The minimum atomic E-state index is -3.80. The van der Waals surface area contributed by atoms with Crippen LogP contribution in [0.1, 0.15) is 40.0 Å². The van der Waals surface area contributed by atoms with Crippen molar-refractivity contribution >= 4 is 50.7 Å². The summed E-state index contributed by atoms with van der Waals surface area (Å²) in [5.74, 6) is -0.926. The molecule has 0 aromatic heterocycles. The molecule has 0 atom stereocenters. The van der Waals surface area contributed by atoms with Crippen LogP contribution in [0.4, 0.5) is 5.69 Å². The van der Waals surface area contributed by atoms with Gasteiger partial charge in [-0.25, -0.2) is 8.42 Å². The molecule has 1 aliphatic heterocycles. The molecule has 160 valence electrons. The Morgan fingerprint density at radius 2 is 1.60 bits per heavy atom. The molecule has 10 heteroatoms. The van der Waals surface area contributed by atoms with Gasteiger partial charge in [0.05, 0.1) is 15.6 Å². The van der Waals surface area contributed by atoms with Crippen molar-refractivity contribution < 1.29 is 18.0 Å². The maximum absolute atomic E-state index is 13.0. The lowest BCUT2D eigenvalue weighted by Crippen LogP contribution is -2.35. The molecule has 7 nitrogen and oxygen atoms in total. The molecular weight excluding hydrogens is 449 g/mol. The number of carbonyl (C=O) groups is 2. The van der Waals surface area contributed by atoms with E-state index in [1.807, 2.05) is 0 Å². The minimum absolute atomic E-state index is 0.0607. The molecule has 2 N–H and O–H groups in total. The monoisotopic (exact) mass is 469 g/mol. The lowest BCUT2D eigenvalue weighted by atomic mass is 10.1. The molecule has 0 saturated carbocycles. The van der Waals surface area contributed by atoms with Gasteiger partial charge in [0.25, 0.3) is 11.8 Å². The number of benzene rings is 2. The Bertz CT molecular complexity index is 1080. The summed E-state index contributed by atoms with van der Waals surface area (Å²) in [6.45, 7) is 0.865. The zero-order chi connectivity index (χ0) is 21.9. The predicted molar refractivity (Wildman–Crippen MR) is 117 cm³/mol. The van der Waals surface area contributed by atoms with E-state index in [0.29, 0.717) is 18.8 Å². The highest BCUT2D eigenvalue weighted by Gasteiger charge is 2.28. The van der Waals surface area contributed by atoms with Gasteiger partial charge in [0.15, 0.2) is 0 Å². The number of carbonyl (C=O) groups excluding carboxylic acids is 2. The summed E-state index contributed by atoms with van der Waals surface area (Å²) in [4.78, 5) is 24.5. The van der Waals surface area contributed by atoms with Gasteiger partial charge in [-0.05, 0) is 49.2 Å². The fourth-order valence-electron chi connectivity index (χ4n) is 3.20. The Kier molecular flexibility index (Phi) is 7.02. The normalized spacial score (nSPS) is 14.9. The number of halogens is 2. The van der Waals surface area contributed by atoms with E-state index < -0.39 is 21.8 Å². The van der Waals surface area contributed by atoms with E-state index in [4.69, 9.17) is 23.2 Å². The Hall–Kier alpha value is -2.13. The quantitative estimate of drug-likeness (QED) is 0.696. The molecule has 1 heterocycles. The number of sulfonamides is 1. The van der Waals surface area contributed by atoms with Crippen LogP contribution in [0.25, 0.3) is 0 Å². The van der Waals surface area contributed by atoms with Crippen molar-refractivity contribution in [2.75, 3.05) is 25.5 Å². The highest BCUT2D eigenvalue weighted by molar-refractivity contribution is 7.89. The topological polar surface area (TPSA) is 95.6 Å². The van der Waals surface area contributed by atoms with Crippen molar-refractivity contribution in [3.8, 4) is 0 Å². The van der Waals surface area contributed by atoms with E-state index >= 15 is 0 Å². The maximum atomic E-state index is 13.0. The first kappa shape index (κ1) is 22.6. The Morgan fingerprint density at radius 1 is 0.933 bits per heavy atom. The first-order valence-corrected chi connectivity index (χ1v) is 11.6. The molecule has 2 aromatic carbocycles. The van der Waals surface area contributed by atoms with E-state index in [0.717, 1.165) is 19.3 Å². The summed E-state index contributed by atoms with van der Waals surface area (Å²) in [7, 11) is -2.32. The van der Waals surface area contributed by atoms with E-state index in [1.165, 1.54) is 41.7 Å². The Balaban J connectivity index is 1.87. The number of nitrogens with one attached hydrogen (secondary N) is 2. The van der Waals surface area contributed by atoms with Gasteiger partial charge in [-0.2, -0.15) is 4.31 Å². The number of amides is 2. The summed E-state index contributed by atoms with van der Waals surface area (Å²) >= 11 is 12.2. The second kappa shape index (κ2) is 9.34. The van der Waals surface area contributed by atoms with Gasteiger partial charge in [-0.3, -0.25) is 9.59 Å². The molecule has 0 radical (unpaired) electrons. The predicted octanol–water partition coefficient (Wildman–Crippen LogP) is 3.78. The molecule has 2 aromatic rings. The van der Waals surface area contributed by atoms with Crippen molar-refractivity contribution in [3.05, 3.63) is 57.6 Å². The first-order valence-electron chi connectivity index (χ1n) is 9.36. The summed E-state index contributed by atoms with van der Waals surface area (Å²) in [6, 6.07) is 8.61. The second-order valence-electron chi connectivity index (χ2n) is 6.84. The van der Waals surface area contributed by atoms with Gasteiger partial charge in [-0.1, -0.05) is 29.6 Å². The summed E-state index contributed by atoms with van der Waals surface area (Å²) in [5, 5.41) is 5.43. The third-order valence-corrected chi connectivity index (χ3v) is 7.53. The highest BCUT2D eigenvalue weighted by atomic mass is 35.5. The Morgan fingerprint density at radius 3 is 2.27 bits per heavy atom. The van der Waals surface area contributed by atoms with Crippen LogP contribution in [-0.2, 0) is 10.0 Å². The molecule has 1 fully saturated rings. The average molecular weight is 470 g/mol. The molecule has 0 aliphatic carbocycles.